The largest absolute Gasteiger partial charge is 0.469 e. The van der Waals surface area contributed by atoms with Crippen LogP contribution in [0.5, 0.6) is 0 Å². The summed E-state index contributed by atoms with van der Waals surface area (Å²) in [7, 11) is 1.39. The van der Waals surface area contributed by atoms with Gasteiger partial charge in [-0.1, -0.05) is 33.4 Å². The third-order valence-corrected chi connectivity index (χ3v) is 10.5. The summed E-state index contributed by atoms with van der Waals surface area (Å²) in [6.45, 7) is 17.8. The van der Waals surface area contributed by atoms with Crippen LogP contribution >= 0.6 is 0 Å². The predicted octanol–water partition coefficient (Wildman–Crippen LogP) is 5.91. The van der Waals surface area contributed by atoms with E-state index >= 15 is 0 Å². The zero-order valence-corrected chi connectivity index (χ0v) is 27.6. The quantitative estimate of drug-likeness (QED) is 0.227. The number of nitrogens with one attached hydrogen (secondary N) is 3. The van der Waals surface area contributed by atoms with E-state index in [4.69, 9.17) is 9.73 Å². The number of rotatable bonds is 10. The van der Waals surface area contributed by atoms with Gasteiger partial charge in [0.1, 0.15) is 0 Å². The molecular formula is C36H44N4O5. The van der Waals surface area contributed by atoms with Gasteiger partial charge in [-0.15, -0.1) is 0 Å². The van der Waals surface area contributed by atoms with Crippen molar-refractivity contribution in [2.24, 2.45) is 22.7 Å². The van der Waals surface area contributed by atoms with Gasteiger partial charge in [0.05, 0.1) is 29.7 Å². The highest BCUT2D eigenvalue weighted by Crippen LogP contribution is 2.48. The maximum absolute atomic E-state index is 13.8. The van der Waals surface area contributed by atoms with Crippen LogP contribution in [0.1, 0.15) is 108 Å². The average Bonchev–Trinajstić information content (AvgIpc) is 3.72. The normalized spacial score (nSPS) is 26.0. The molecule has 0 saturated carbocycles. The van der Waals surface area contributed by atoms with Crippen molar-refractivity contribution in [3.05, 3.63) is 74.5 Å². The number of fused-ring (bicyclic) bond motifs is 1. The molecule has 0 radical (unpaired) electrons. The molecule has 4 heterocycles. The fraction of sp³-hybridized carbons (Fsp3) is 0.472. The molecular weight excluding hydrogens is 568 g/mol. The van der Waals surface area contributed by atoms with Crippen molar-refractivity contribution in [2.45, 2.75) is 86.1 Å². The molecule has 0 spiro atoms. The van der Waals surface area contributed by atoms with Crippen molar-refractivity contribution in [1.29, 1.82) is 0 Å². The van der Waals surface area contributed by atoms with E-state index in [1.165, 1.54) is 7.11 Å². The number of ketones is 1. The van der Waals surface area contributed by atoms with Crippen LogP contribution in [0.15, 0.2) is 34.5 Å². The molecule has 2 aliphatic heterocycles. The smallest absolute Gasteiger partial charge is 0.305 e. The number of ether oxygens (including phenoxy) is 1. The van der Waals surface area contributed by atoms with E-state index in [0.717, 1.165) is 69.0 Å². The van der Waals surface area contributed by atoms with Gasteiger partial charge in [0.25, 0.3) is 5.91 Å². The van der Waals surface area contributed by atoms with Gasteiger partial charge in [0.15, 0.2) is 12.1 Å². The monoisotopic (exact) mass is 612 g/mol. The summed E-state index contributed by atoms with van der Waals surface area (Å²) in [4.78, 5) is 62.6. The van der Waals surface area contributed by atoms with Crippen molar-refractivity contribution in [3.8, 4) is 0 Å². The fourth-order valence-corrected chi connectivity index (χ4v) is 7.59. The minimum Gasteiger partial charge on any atom is -0.469 e. The Balaban J connectivity index is 1.61. The van der Waals surface area contributed by atoms with Crippen LogP contribution in [0.25, 0.3) is 5.57 Å². The van der Waals surface area contributed by atoms with Gasteiger partial charge >= 0.3 is 5.97 Å². The summed E-state index contributed by atoms with van der Waals surface area (Å²) in [5.74, 6) is -0.923. The number of aromatic nitrogens is 2. The first kappa shape index (κ1) is 32.1. The Morgan fingerprint density at radius 1 is 1.11 bits per heavy atom. The first-order valence-electron chi connectivity index (χ1n) is 15.8. The van der Waals surface area contributed by atoms with Crippen LogP contribution in [0, 0.1) is 31.6 Å². The number of amides is 1. The number of nitrogens with zero attached hydrogens (tertiary/aromatic N) is 1. The second kappa shape index (κ2) is 11.9. The van der Waals surface area contributed by atoms with Crippen LogP contribution in [-0.2, 0) is 27.2 Å². The maximum Gasteiger partial charge on any atom is 0.305 e. The third-order valence-electron chi connectivity index (χ3n) is 10.5. The van der Waals surface area contributed by atoms with Crippen molar-refractivity contribution in [1.82, 2.24) is 15.3 Å². The summed E-state index contributed by atoms with van der Waals surface area (Å²) in [6.07, 6.45) is 5.03. The topological polar surface area (TPSA) is 133 Å². The molecule has 1 unspecified atom stereocenters. The molecule has 2 aromatic rings. The van der Waals surface area contributed by atoms with E-state index in [0.29, 0.717) is 36.1 Å². The maximum atomic E-state index is 13.8. The van der Waals surface area contributed by atoms with Crippen molar-refractivity contribution < 1.29 is 23.9 Å². The molecule has 0 saturated heterocycles. The molecule has 3 N–H and O–H groups in total. The lowest BCUT2D eigenvalue weighted by Gasteiger charge is -2.28. The Bertz CT molecular complexity index is 1730. The van der Waals surface area contributed by atoms with Crippen LogP contribution in [0.4, 0.5) is 0 Å². The van der Waals surface area contributed by atoms with Gasteiger partial charge < -0.3 is 20.0 Å². The Morgan fingerprint density at radius 3 is 2.42 bits per heavy atom. The highest BCUT2D eigenvalue weighted by molar-refractivity contribution is 6.15. The minimum atomic E-state index is -0.620. The molecule has 1 amide bonds. The van der Waals surface area contributed by atoms with E-state index in [1.54, 1.807) is 6.08 Å². The number of esters is 1. The zero-order valence-electron chi connectivity index (χ0n) is 27.6. The first-order valence-corrected chi connectivity index (χ1v) is 15.8. The molecule has 3 aliphatic rings. The van der Waals surface area contributed by atoms with Gasteiger partial charge in [0, 0.05) is 70.8 Å². The first-order chi connectivity index (χ1) is 21.3. The number of aldehydes is 1. The second-order valence-corrected chi connectivity index (χ2v) is 13.0. The number of hydrogen-bond acceptors (Lipinski definition) is 6. The van der Waals surface area contributed by atoms with E-state index < -0.39 is 11.5 Å². The number of carbonyl (C=O) groups is 4. The van der Waals surface area contributed by atoms with Gasteiger partial charge in [-0.25, -0.2) is 0 Å². The van der Waals surface area contributed by atoms with E-state index in [1.807, 2.05) is 34.6 Å². The molecule has 0 aromatic carbocycles. The number of carbonyl (C=O) groups excluding carboxylic acids is 4. The van der Waals surface area contributed by atoms with Crippen molar-refractivity contribution >= 4 is 35.2 Å². The summed E-state index contributed by atoms with van der Waals surface area (Å²) in [5.41, 5.74) is 10.4. The van der Waals surface area contributed by atoms with Gasteiger partial charge in [-0.05, 0) is 62.8 Å². The molecule has 0 bridgehead atoms. The summed E-state index contributed by atoms with van der Waals surface area (Å²) in [5, 5.41) is 3.13. The molecule has 5 rings (SSSR count). The number of aliphatic imine (C=N–C) groups is 1. The lowest BCUT2D eigenvalue weighted by Crippen LogP contribution is -2.43. The number of methoxy groups -OCH3 is 1. The molecule has 9 nitrogen and oxygen atoms in total. The van der Waals surface area contributed by atoms with Gasteiger partial charge in [-0.3, -0.25) is 24.2 Å². The summed E-state index contributed by atoms with van der Waals surface area (Å²) < 4.78 is 4.97. The SMILES string of the molecule is C=CC1=C(C)C(C)(CC2=N/C(=C3\c4[nH]c(Cc5[nH]c(C=O)c(C)c5CC)c(C)c4C(=O)[C@@H]3C)[C@@H](CCC(=O)OC)[C@@H]2C)NC1=O. The van der Waals surface area contributed by atoms with E-state index in [2.05, 4.69) is 35.7 Å². The number of allylic oxidation sites excluding steroid dienone is 2. The highest BCUT2D eigenvalue weighted by Gasteiger charge is 2.46. The summed E-state index contributed by atoms with van der Waals surface area (Å²) >= 11 is 0. The third kappa shape index (κ3) is 5.16. The van der Waals surface area contributed by atoms with Crippen LogP contribution in [0.2, 0.25) is 0 Å². The highest BCUT2D eigenvalue weighted by atomic mass is 16.5. The van der Waals surface area contributed by atoms with Crippen LogP contribution in [0.3, 0.4) is 0 Å². The Hall–Kier alpha value is -4.27. The number of aromatic amines is 2. The molecule has 45 heavy (non-hydrogen) atoms. The Kier molecular flexibility index (Phi) is 8.51. The van der Waals surface area contributed by atoms with Crippen molar-refractivity contribution in [2.75, 3.05) is 7.11 Å². The average molecular weight is 613 g/mol. The molecule has 0 fully saturated rings. The Morgan fingerprint density at radius 2 is 1.82 bits per heavy atom. The molecule has 238 valence electrons. The lowest BCUT2D eigenvalue weighted by atomic mass is 9.79. The summed E-state index contributed by atoms with van der Waals surface area (Å²) in [6, 6.07) is 0. The van der Waals surface area contributed by atoms with Crippen molar-refractivity contribution in [3.63, 3.8) is 0 Å². The van der Waals surface area contributed by atoms with E-state index in [9.17, 15) is 19.2 Å². The second-order valence-electron chi connectivity index (χ2n) is 13.0. The predicted molar refractivity (Wildman–Crippen MR) is 174 cm³/mol. The zero-order chi connectivity index (χ0) is 33.0. The van der Waals surface area contributed by atoms with Crippen LogP contribution < -0.4 is 5.32 Å². The number of hydrogen-bond donors (Lipinski definition) is 3. The molecule has 2 aromatic heterocycles. The molecule has 1 aliphatic carbocycles. The number of H-pyrrole nitrogens is 2. The van der Waals surface area contributed by atoms with Crippen LogP contribution in [-0.4, -0.2) is 52.3 Å². The lowest BCUT2D eigenvalue weighted by molar-refractivity contribution is -0.140. The Labute approximate surface area is 264 Å². The minimum absolute atomic E-state index is 0.0240. The standard InChI is InChI=1S/C36H44N4O5/c1-10-22-17(3)28(16-41)37-26(22)14-25-19(5)31-33(38-25)30(20(6)34(31)43)32-24(12-13-29(42)45-9)18(4)27(39-32)15-36(8)21(7)23(11-2)35(44)40-36/h11,16,18,20,24,37-38H,2,10,12-15H2,1,3-9H3,(H,40,44)/b32-30-/t18-,20+,24-,36?/m0/s1. The van der Waals surface area contributed by atoms with Gasteiger partial charge in [-0.2, -0.15) is 0 Å². The fourth-order valence-electron chi connectivity index (χ4n) is 7.59. The molecule has 9 heteroatoms. The molecule has 4 atom stereocenters. The van der Waals surface area contributed by atoms with Gasteiger partial charge in [0.2, 0.25) is 0 Å². The number of Topliss-reactive ketones (excluding diaryl/α,β-unsaturated/α-hetero) is 1. The van der Waals surface area contributed by atoms with E-state index in [-0.39, 0.29) is 35.9 Å².